The van der Waals surface area contributed by atoms with Crippen molar-refractivity contribution >= 4 is 46.0 Å². The van der Waals surface area contributed by atoms with E-state index in [1.807, 2.05) is 11.8 Å². The highest BCUT2D eigenvalue weighted by Crippen LogP contribution is 2.52. The number of thiazole rings is 1. The highest BCUT2D eigenvalue weighted by atomic mass is 32.2. The Morgan fingerprint density at radius 2 is 2.06 bits per heavy atom. The van der Waals surface area contributed by atoms with Gasteiger partial charge in [-0.3, -0.25) is 9.59 Å². The van der Waals surface area contributed by atoms with Gasteiger partial charge in [-0.2, -0.15) is 0 Å². The zero-order valence-electron chi connectivity index (χ0n) is 17.9. The number of aliphatic hydroxyl groups excluding tert-OH is 2. The summed E-state index contributed by atoms with van der Waals surface area (Å²) >= 11 is 2.83. The normalized spacial score (nSPS) is 27.0. The number of hydrogen-bond acceptors (Lipinski definition) is 9. The van der Waals surface area contributed by atoms with Crippen molar-refractivity contribution in [2.24, 2.45) is 11.8 Å². The summed E-state index contributed by atoms with van der Waals surface area (Å²) in [7, 11) is 0. The molecule has 32 heavy (non-hydrogen) atoms. The summed E-state index contributed by atoms with van der Waals surface area (Å²) < 4.78 is 0. The zero-order valence-corrected chi connectivity index (χ0v) is 19.5. The largest absolute Gasteiger partial charge is 0.477 e. The number of aromatic nitrogens is 1. The van der Waals surface area contributed by atoms with Crippen molar-refractivity contribution < 1.29 is 29.7 Å². The van der Waals surface area contributed by atoms with Gasteiger partial charge in [0.1, 0.15) is 11.4 Å². The standard InChI is InChI=1S/C20H26N4O6S2/c1-8(6-25)21-17(27)12-7-31-20(22-12)23-4-11(5-23)32-16-9(2)14-13(10(3)26)18(28)24(14)15(16)19(29)30/h7-11,13-14,25-26H,4-6H2,1-3H3,(H,21,27)(H,29,30)/t8-,9+,10+,13+,14+/m0/s1. The van der Waals surface area contributed by atoms with Gasteiger partial charge in [0.25, 0.3) is 5.91 Å². The van der Waals surface area contributed by atoms with E-state index in [1.54, 1.807) is 19.2 Å². The smallest absolute Gasteiger partial charge is 0.353 e. The van der Waals surface area contributed by atoms with Crippen LogP contribution >= 0.6 is 23.1 Å². The van der Waals surface area contributed by atoms with Gasteiger partial charge in [0, 0.05) is 40.6 Å². The second kappa shape index (κ2) is 8.65. The Bertz CT molecular complexity index is 973. The van der Waals surface area contributed by atoms with Gasteiger partial charge in [-0.1, -0.05) is 6.92 Å². The van der Waals surface area contributed by atoms with E-state index in [0.29, 0.717) is 28.8 Å². The molecule has 0 bridgehead atoms. The van der Waals surface area contributed by atoms with E-state index in [9.17, 15) is 24.6 Å². The van der Waals surface area contributed by atoms with Crippen molar-refractivity contribution in [3.05, 3.63) is 21.7 Å². The minimum absolute atomic E-state index is 0.0408. The number of aliphatic hydroxyl groups is 2. The molecule has 3 aliphatic rings. The summed E-state index contributed by atoms with van der Waals surface area (Å²) in [6.45, 7) is 6.32. The number of aliphatic carboxylic acids is 1. The molecular formula is C20H26N4O6S2. The molecule has 2 saturated heterocycles. The van der Waals surface area contributed by atoms with Gasteiger partial charge in [0.05, 0.1) is 24.7 Å². The fourth-order valence-electron chi connectivity index (χ4n) is 4.38. The second-order valence-electron chi connectivity index (χ2n) is 8.49. The molecule has 2 amide bonds. The summed E-state index contributed by atoms with van der Waals surface area (Å²) in [5.41, 5.74) is 0.341. The molecule has 0 aliphatic carbocycles. The third kappa shape index (κ3) is 3.78. The highest BCUT2D eigenvalue weighted by Gasteiger charge is 2.60. The summed E-state index contributed by atoms with van der Waals surface area (Å²) in [4.78, 5) is 44.9. The molecule has 5 atom stereocenters. The van der Waals surface area contributed by atoms with Crippen molar-refractivity contribution in [2.45, 2.75) is 44.2 Å². The molecule has 2 fully saturated rings. The number of carboxylic acid groups (broad SMARTS) is 1. The summed E-state index contributed by atoms with van der Waals surface area (Å²) in [6.07, 6.45) is -0.818. The first-order valence-corrected chi connectivity index (χ1v) is 12.2. The highest BCUT2D eigenvalue weighted by molar-refractivity contribution is 8.03. The Balaban J connectivity index is 1.40. The quantitative estimate of drug-likeness (QED) is 0.385. The molecule has 1 aromatic rings. The molecular weight excluding hydrogens is 456 g/mol. The topological polar surface area (TPSA) is 143 Å². The number of fused-ring (bicyclic) bond motifs is 1. The molecule has 4 N–H and O–H groups in total. The number of carbonyl (C=O) groups excluding carboxylic acids is 2. The van der Waals surface area contributed by atoms with Crippen molar-refractivity contribution in [2.75, 3.05) is 24.6 Å². The van der Waals surface area contributed by atoms with Gasteiger partial charge in [-0.15, -0.1) is 23.1 Å². The molecule has 10 nitrogen and oxygen atoms in total. The number of thioether (sulfide) groups is 1. The molecule has 174 valence electrons. The number of rotatable bonds is 8. The first-order chi connectivity index (χ1) is 15.1. The van der Waals surface area contributed by atoms with Crippen molar-refractivity contribution in [3.8, 4) is 0 Å². The Morgan fingerprint density at radius 3 is 2.66 bits per heavy atom. The van der Waals surface area contributed by atoms with E-state index >= 15 is 0 Å². The maximum Gasteiger partial charge on any atom is 0.353 e. The third-order valence-electron chi connectivity index (χ3n) is 6.10. The van der Waals surface area contributed by atoms with E-state index in [0.717, 1.165) is 0 Å². The van der Waals surface area contributed by atoms with Crippen LogP contribution in [0.2, 0.25) is 0 Å². The van der Waals surface area contributed by atoms with Crippen LogP contribution in [0.15, 0.2) is 16.0 Å². The zero-order chi connectivity index (χ0) is 23.3. The number of amides is 2. The minimum Gasteiger partial charge on any atom is -0.477 e. The SMILES string of the molecule is C[C@@H](CO)NC(=O)c1csc(N2CC(SC3=C(C(=O)O)N4C(=O)[C@H]([C@@H](C)O)[C@H]4[C@H]3C)C2)n1. The van der Waals surface area contributed by atoms with Crippen LogP contribution in [-0.4, -0.2) is 86.1 Å². The minimum atomic E-state index is -1.12. The van der Waals surface area contributed by atoms with Crippen LogP contribution in [0.4, 0.5) is 5.13 Å². The van der Waals surface area contributed by atoms with Gasteiger partial charge in [0.15, 0.2) is 5.13 Å². The molecule has 1 aromatic heterocycles. The van der Waals surface area contributed by atoms with Crippen molar-refractivity contribution in [1.29, 1.82) is 0 Å². The van der Waals surface area contributed by atoms with Crippen LogP contribution in [-0.2, 0) is 9.59 Å². The number of nitrogens with zero attached hydrogens (tertiary/aromatic N) is 3. The van der Waals surface area contributed by atoms with Crippen LogP contribution in [0.3, 0.4) is 0 Å². The van der Waals surface area contributed by atoms with Crippen molar-refractivity contribution in [1.82, 2.24) is 15.2 Å². The van der Waals surface area contributed by atoms with E-state index in [4.69, 9.17) is 5.11 Å². The molecule has 4 heterocycles. The predicted octanol–water partition coefficient (Wildman–Crippen LogP) is 0.329. The number of hydrogen-bond donors (Lipinski definition) is 4. The summed E-state index contributed by atoms with van der Waals surface area (Å²) in [6, 6.07) is -0.664. The molecule has 0 unspecified atom stereocenters. The van der Waals surface area contributed by atoms with Gasteiger partial charge < -0.3 is 30.4 Å². The maximum absolute atomic E-state index is 12.4. The fourth-order valence-corrected chi connectivity index (χ4v) is 6.73. The number of carbonyl (C=O) groups is 3. The molecule has 4 rings (SSSR count). The fraction of sp³-hybridized carbons (Fsp3) is 0.600. The Labute approximate surface area is 193 Å². The van der Waals surface area contributed by atoms with E-state index < -0.39 is 18.0 Å². The van der Waals surface area contributed by atoms with Gasteiger partial charge in [0.2, 0.25) is 5.91 Å². The first kappa shape index (κ1) is 23.0. The lowest BCUT2D eigenvalue weighted by Crippen LogP contribution is -2.63. The van der Waals surface area contributed by atoms with Gasteiger partial charge >= 0.3 is 5.97 Å². The molecule has 12 heteroatoms. The predicted molar refractivity (Wildman–Crippen MR) is 119 cm³/mol. The van der Waals surface area contributed by atoms with Crippen LogP contribution in [0.1, 0.15) is 31.3 Å². The number of carboxylic acids is 1. The molecule has 0 saturated carbocycles. The average molecular weight is 483 g/mol. The lowest BCUT2D eigenvalue weighted by atomic mass is 9.79. The van der Waals surface area contributed by atoms with Gasteiger partial charge in [-0.05, 0) is 13.8 Å². The van der Waals surface area contributed by atoms with Crippen LogP contribution in [0, 0.1) is 11.8 Å². The Kier molecular flexibility index (Phi) is 6.23. The molecule has 0 spiro atoms. The van der Waals surface area contributed by atoms with Crippen LogP contribution < -0.4 is 10.2 Å². The van der Waals surface area contributed by atoms with Gasteiger partial charge in [-0.25, -0.2) is 9.78 Å². The lowest BCUT2D eigenvalue weighted by molar-refractivity contribution is -0.163. The van der Waals surface area contributed by atoms with E-state index in [1.165, 1.54) is 28.0 Å². The van der Waals surface area contributed by atoms with E-state index in [2.05, 4.69) is 10.3 Å². The van der Waals surface area contributed by atoms with Crippen LogP contribution in [0.5, 0.6) is 0 Å². The monoisotopic (exact) mass is 482 g/mol. The number of anilines is 1. The van der Waals surface area contributed by atoms with Crippen molar-refractivity contribution in [3.63, 3.8) is 0 Å². The maximum atomic E-state index is 12.4. The summed E-state index contributed by atoms with van der Waals surface area (Å²) in [5, 5.41) is 33.9. The number of β-lactam (4-membered cyclic amide) rings is 1. The Morgan fingerprint density at radius 1 is 1.38 bits per heavy atom. The second-order valence-corrected chi connectivity index (χ2v) is 10.7. The first-order valence-electron chi connectivity index (χ1n) is 10.4. The third-order valence-corrected chi connectivity index (χ3v) is 8.45. The average Bonchev–Trinajstić information content (AvgIpc) is 3.26. The number of nitrogens with one attached hydrogen (secondary N) is 1. The molecule has 0 radical (unpaired) electrons. The lowest BCUT2D eigenvalue weighted by Gasteiger charge is -2.46. The molecule has 0 aromatic carbocycles. The van der Waals surface area contributed by atoms with E-state index in [-0.39, 0.29) is 47.4 Å². The summed E-state index contributed by atoms with van der Waals surface area (Å²) in [5.74, 6) is -2.50. The van der Waals surface area contributed by atoms with Crippen LogP contribution in [0.25, 0.3) is 0 Å². The Hall–Kier alpha value is -2.15. The molecule has 3 aliphatic heterocycles.